The highest BCUT2D eigenvalue weighted by atomic mass is 16.4. The molecule has 0 bridgehead atoms. The van der Waals surface area contributed by atoms with Gasteiger partial charge in [0.05, 0.1) is 5.69 Å². The van der Waals surface area contributed by atoms with Crippen molar-refractivity contribution in [3.8, 4) is 11.3 Å². The number of rotatable bonds is 4. The Morgan fingerprint density at radius 3 is 2.90 bits per heavy atom. The number of aromatic amines is 1. The maximum atomic E-state index is 10.9. The number of hydrogen-bond acceptors (Lipinski definition) is 4. The lowest BCUT2D eigenvalue weighted by atomic mass is 10.1. The Morgan fingerprint density at radius 2 is 2.30 bits per heavy atom. The smallest absolute Gasteiger partial charge is 0.352 e. The predicted octanol–water partition coefficient (Wildman–Crippen LogP) is 2.30. The van der Waals surface area contributed by atoms with E-state index in [0.29, 0.717) is 17.9 Å². The molecule has 20 heavy (non-hydrogen) atoms. The van der Waals surface area contributed by atoms with Gasteiger partial charge in [-0.1, -0.05) is 6.92 Å². The Kier molecular flexibility index (Phi) is 2.93. The SMILES string of the molecule is Cc1cnc(NC2CC2C)nc1-c1c[nH]c(C(=O)O)c1. The molecule has 3 N–H and O–H groups in total. The largest absolute Gasteiger partial charge is 0.477 e. The quantitative estimate of drug-likeness (QED) is 0.794. The van der Waals surface area contributed by atoms with Crippen LogP contribution in [0, 0.1) is 12.8 Å². The number of anilines is 1. The highest BCUT2D eigenvalue weighted by Crippen LogP contribution is 2.32. The third kappa shape index (κ3) is 2.36. The lowest BCUT2D eigenvalue weighted by Gasteiger charge is -2.07. The molecule has 104 valence electrons. The first-order valence-corrected chi connectivity index (χ1v) is 6.57. The van der Waals surface area contributed by atoms with Gasteiger partial charge < -0.3 is 15.4 Å². The van der Waals surface area contributed by atoms with Gasteiger partial charge in [-0.2, -0.15) is 0 Å². The fourth-order valence-electron chi connectivity index (χ4n) is 2.15. The Morgan fingerprint density at radius 1 is 1.55 bits per heavy atom. The van der Waals surface area contributed by atoms with Gasteiger partial charge in [0.1, 0.15) is 5.69 Å². The molecule has 0 spiro atoms. The molecule has 2 heterocycles. The zero-order valence-electron chi connectivity index (χ0n) is 11.3. The van der Waals surface area contributed by atoms with Crippen LogP contribution >= 0.6 is 0 Å². The summed E-state index contributed by atoms with van der Waals surface area (Å²) in [5.41, 5.74) is 2.58. The van der Waals surface area contributed by atoms with Crippen LogP contribution in [0.5, 0.6) is 0 Å². The number of nitrogens with zero attached hydrogens (tertiary/aromatic N) is 2. The molecule has 0 radical (unpaired) electrons. The molecule has 1 saturated carbocycles. The summed E-state index contributed by atoms with van der Waals surface area (Å²) in [6, 6.07) is 2.03. The van der Waals surface area contributed by atoms with Crippen molar-refractivity contribution in [2.24, 2.45) is 5.92 Å². The first kappa shape index (κ1) is 12.7. The topological polar surface area (TPSA) is 90.9 Å². The summed E-state index contributed by atoms with van der Waals surface area (Å²) in [7, 11) is 0. The van der Waals surface area contributed by atoms with Crippen molar-refractivity contribution in [1.29, 1.82) is 0 Å². The zero-order chi connectivity index (χ0) is 14.3. The lowest BCUT2D eigenvalue weighted by molar-refractivity contribution is 0.0691. The van der Waals surface area contributed by atoms with Crippen LogP contribution < -0.4 is 5.32 Å². The van der Waals surface area contributed by atoms with Crippen LogP contribution in [-0.4, -0.2) is 32.1 Å². The number of aromatic carboxylic acids is 1. The average molecular weight is 272 g/mol. The van der Waals surface area contributed by atoms with Crippen LogP contribution in [0.25, 0.3) is 11.3 Å². The molecule has 0 aliphatic heterocycles. The molecular formula is C14H16N4O2. The van der Waals surface area contributed by atoms with E-state index in [0.717, 1.165) is 23.2 Å². The van der Waals surface area contributed by atoms with E-state index in [-0.39, 0.29) is 5.69 Å². The third-order valence-corrected chi connectivity index (χ3v) is 3.58. The molecule has 1 aliphatic carbocycles. The second-order valence-electron chi connectivity index (χ2n) is 5.30. The Labute approximate surface area is 116 Å². The van der Waals surface area contributed by atoms with Gasteiger partial charge >= 0.3 is 5.97 Å². The fourth-order valence-corrected chi connectivity index (χ4v) is 2.15. The van der Waals surface area contributed by atoms with Crippen LogP contribution in [0.4, 0.5) is 5.95 Å². The highest BCUT2D eigenvalue weighted by molar-refractivity contribution is 5.87. The molecule has 2 unspecified atom stereocenters. The molecule has 2 aromatic heterocycles. The van der Waals surface area contributed by atoms with Crippen LogP contribution in [0.2, 0.25) is 0 Å². The molecular weight excluding hydrogens is 256 g/mol. The van der Waals surface area contributed by atoms with Gasteiger partial charge in [-0.15, -0.1) is 0 Å². The van der Waals surface area contributed by atoms with Crippen LogP contribution in [0.3, 0.4) is 0 Å². The summed E-state index contributed by atoms with van der Waals surface area (Å²) in [6.45, 7) is 4.09. The number of nitrogens with one attached hydrogen (secondary N) is 2. The van der Waals surface area contributed by atoms with Gasteiger partial charge in [-0.25, -0.2) is 14.8 Å². The van der Waals surface area contributed by atoms with E-state index in [4.69, 9.17) is 5.11 Å². The van der Waals surface area contributed by atoms with Crippen LogP contribution in [-0.2, 0) is 0 Å². The van der Waals surface area contributed by atoms with Crippen LogP contribution in [0.1, 0.15) is 29.4 Å². The predicted molar refractivity (Wildman–Crippen MR) is 74.7 cm³/mol. The van der Waals surface area contributed by atoms with E-state index in [9.17, 15) is 4.79 Å². The van der Waals surface area contributed by atoms with E-state index >= 15 is 0 Å². The highest BCUT2D eigenvalue weighted by Gasteiger charge is 2.33. The monoisotopic (exact) mass is 272 g/mol. The van der Waals surface area contributed by atoms with E-state index in [1.54, 1.807) is 18.5 Å². The summed E-state index contributed by atoms with van der Waals surface area (Å²) in [4.78, 5) is 22.4. The van der Waals surface area contributed by atoms with Crippen molar-refractivity contribution in [1.82, 2.24) is 15.0 Å². The molecule has 2 atom stereocenters. The van der Waals surface area contributed by atoms with Crippen molar-refractivity contribution < 1.29 is 9.90 Å². The minimum Gasteiger partial charge on any atom is -0.477 e. The normalized spacial score (nSPS) is 20.7. The standard InChI is InChI=1S/C14H16N4O2/c1-7-3-10(7)17-14-16-5-8(2)12(18-14)9-4-11(13(19)20)15-6-9/h4-7,10,15H,3H2,1-2H3,(H,19,20)(H,16,17,18). The lowest BCUT2D eigenvalue weighted by Crippen LogP contribution is -2.08. The Bertz CT molecular complexity index is 665. The summed E-state index contributed by atoms with van der Waals surface area (Å²) in [5, 5.41) is 12.2. The number of carboxylic acid groups (broad SMARTS) is 1. The molecule has 0 saturated heterocycles. The van der Waals surface area contributed by atoms with E-state index < -0.39 is 5.97 Å². The first-order chi connectivity index (χ1) is 9.54. The molecule has 1 aliphatic rings. The van der Waals surface area contributed by atoms with Crippen molar-refractivity contribution in [3.63, 3.8) is 0 Å². The van der Waals surface area contributed by atoms with Gasteiger partial charge in [-0.3, -0.25) is 0 Å². The minimum absolute atomic E-state index is 0.156. The first-order valence-electron chi connectivity index (χ1n) is 6.57. The third-order valence-electron chi connectivity index (χ3n) is 3.58. The number of aromatic nitrogens is 3. The molecule has 2 aromatic rings. The summed E-state index contributed by atoms with van der Waals surface area (Å²) < 4.78 is 0. The number of carbonyl (C=O) groups is 1. The van der Waals surface area contributed by atoms with Gasteiger partial charge in [0.2, 0.25) is 5.95 Å². The number of aryl methyl sites for hydroxylation is 1. The second kappa shape index (κ2) is 4.63. The summed E-state index contributed by atoms with van der Waals surface area (Å²) >= 11 is 0. The number of hydrogen-bond donors (Lipinski definition) is 3. The Balaban J connectivity index is 1.90. The Hall–Kier alpha value is -2.37. The molecule has 0 amide bonds. The molecule has 6 heteroatoms. The van der Waals surface area contributed by atoms with Crippen molar-refractivity contribution in [2.75, 3.05) is 5.32 Å². The summed E-state index contributed by atoms with van der Waals surface area (Å²) in [5.74, 6) is 0.278. The molecule has 6 nitrogen and oxygen atoms in total. The van der Waals surface area contributed by atoms with Crippen LogP contribution in [0.15, 0.2) is 18.5 Å². The van der Waals surface area contributed by atoms with Crippen molar-refractivity contribution >= 4 is 11.9 Å². The molecule has 1 fully saturated rings. The average Bonchev–Trinajstić information content (AvgIpc) is 2.93. The van der Waals surface area contributed by atoms with Gasteiger partial charge in [0.25, 0.3) is 0 Å². The number of H-pyrrole nitrogens is 1. The van der Waals surface area contributed by atoms with Crippen molar-refractivity contribution in [2.45, 2.75) is 26.3 Å². The minimum atomic E-state index is -0.979. The van der Waals surface area contributed by atoms with Gasteiger partial charge in [-0.05, 0) is 30.9 Å². The maximum absolute atomic E-state index is 10.9. The summed E-state index contributed by atoms with van der Waals surface area (Å²) in [6.07, 6.45) is 4.55. The fraction of sp³-hybridized carbons (Fsp3) is 0.357. The van der Waals surface area contributed by atoms with E-state index in [1.807, 2.05) is 6.92 Å². The van der Waals surface area contributed by atoms with E-state index in [1.165, 1.54) is 0 Å². The second-order valence-corrected chi connectivity index (χ2v) is 5.30. The van der Waals surface area contributed by atoms with Gasteiger partial charge in [0, 0.05) is 24.0 Å². The maximum Gasteiger partial charge on any atom is 0.352 e. The zero-order valence-corrected chi connectivity index (χ0v) is 11.3. The van der Waals surface area contributed by atoms with Gasteiger partial charge in [0.15, 0.2) is 0 Å². The van der Waals surface area contributed by atoms with Crippen molar-refractivity contribution in [3.05, 3.63) is 29.7 Å². The molecule has 3 rings (SSSR count). The number of carboxylic acids is 1. The molecule has 0 aromatic carbocycles. The van der Waals surface area contributed by atoms with E-state index in [2.05, 4.69) is 27.2 Å².